The summed E-state index contributed by atoms with van der Waals surface area (Å²) >= 11 is 3.16. The number of thiazole rings is 1. The van der Waals surface area contributed by atoms with Crippen molar-refractivity contribution in [2.75, 3.05) is 11.9 Å². The van der Waals surface area contributed by atoms with Crippen molar-refractivity contribution in [1.82, 2.24) is 19.7 Å². The normalized spacial score (nSPS) is 13.5. The summed E-state index contributed by atoms with van der Waals surface area (Å²) in [6, 6.07) is 8.05. The summed E-state index contributed by atoms with van der Waals surface area (Å²) < 4.78 is 2.70. The number of nitrogens with zero attached hydrogens (tertiary/aromatic N) is 4. The average molecular weight is 452 g/mol. The maximum Gasteiger partial charge on any atom is 0.274 e. The third-order valence-electron chi connectivity index (χ3n) is 5.57. The van der Waals surface area contributed by atoms with Crippen LogP contribution in [0.4, 0.5) is 5.00 Å². The second-order valence-electron chi connectivity index (χ2n) is 7.64. The van der Waals surface area contributed by atoms with E-state index in [1.807, 2.05) is 30.0 Å². The van der Waals surface area contributed by atoms with Crippen molar-refractivity contribution >= 4 is 49.7 Å². The molecule has 0 saturated carbocycles. The summed E-state index contributed by atoms with van der Waals surface area (Å²) in [7, 11) is 1.76. The molecule has 0 radical (unpaired) electrons. The van der Waals surface area contributed by atoms with Crippen LogP contribution in [-0.2, 0) is 24.8 Å². The number of carbonyl (C=O) groups excluding carboxylic acids is 2. The van der Waals surface area contributed by atoms with Gasteiger partial charge in [-0.1, -0.05) is 12.1 Å². The zero-order valence-corrected chi connectivity index (χ0v) is 19.1. The number of anilines is 1. The highest BCUT2D eigenvalue weighted by atomic mass is 32.1. The van der Waals surface area contributed by atoms with Crippen molar-refractivity contribution < 1.29 is 9.59 Å². The van der Waals surface area contributed by atoms with E-state index in [0.29, 0.717) is 18.8 Å². The molecule has 3 aromatic heterocycles. The maximum atomic E-state index is 13.1. The van der Waals surface area contributed by atoms with Gasteiger partial charge in [0.25, 0.3) is 5.91 Å². The molecule has 0 bridgehead atoms. The van der Waals surface area contributed by atoms with Crippen molar-refractivity contribution in [3.05, 3.63) is 52.2 Å². The highest BCUT2D eigenvalue weighted by molar-refractivity contribution is 7.23. The van der Waals surface area contributed by atoms with E-state index >= 15 is 0 Å². The smallest absolute Gasteiger partial charge is 0.274 e. The Bertz CT molecular complexity index is 1280. The number of rotatable bonds is 3. The number of hydrogen-bond acceptors (Lipinski definition) is 6. The van der Waals surface area contributed by atoms with Crippen molar-refractivity contribution in [1.29, 1.82) is 0 Å². The largest absolute Gasteiger partial charge is 0.337 e. The van der Waals surface area contributed by atoms with Gasteiger partial charge in [-0.05, 0) is 36.6 Å². The molecule has 9 heteroatoms. The Morgan fingerprint density at radius 1 is 1.19 bits per heavy atom. The van der Waals surface area contributed by atoms with Crippen LogP contribution >= 0.6 is 22.7 Å². The molecule has 4 heterocycles. The van der Waals surface area contributed by atoms with Gasteiger partial charge in [-0.15, -0.1) is 22.7 Å². The number of aryl methyl sites for hydroxylation is 2. The maximum absolute atomic E-state index is 13.1. The molecule has 2 amide bonds. The van der Waals surface area contributed by atoms with Crippen LogP contribution in [0, 0.1) is 6.92 Å². The van der Waals surface area contributed by atoms with Gasteiger partial charge >= 0.3 is 0 Å². The Hall–Kier alpha value is -3.04. The first-order valence-electron chi connectivity index (χ1n) is 9.98. The number of benzene rings is 1. The third kappa shape index (κ3) is 3.43. The lowest BCUT2D eigenvalue weighted by atomic mass is 10.0. The number of fused-ring (bicyclic) bond motifs is 2. The number of hydrogen-bond donors (Lipinski definition) is 1. The summed E-state index contributed by atoms with van der Waals surface area (Å²) in [5.74, 6) is -0.126. The molecule has 1 aromatic carbocycles. The first-order valence-corrected chi connectivity index (χ1v) is 11.6. The Kier molecular flexibility index (Phi) is 4.86. The van der Waals surface area contributed by atoms with Gasteiger partial charge in [0.15, 0.2) is 0 Å². The SMILES string of the molecule is CC(=O)N1CCc2c(sc(NC(=O)c3c(C)cnn3C)c2-c2nc3ccccc3s2)C1. The number of carbonyl (C=O) groups is 2. The van der Waals surface area contributed by atoms with Gasteiger partial charge in [-0.2, -0.15) is 5.10 Å². The van der Waals surface area contributed by atoms with E-state index in [4.69, 9.17) is 4.98 Å². The highest BCUT2D eigenvalue weighted by Gasteiger charge is 2.29. The molecule has 1 aliphatic heterocycles. The molecule has 0 fully saturated rings. The Labute approximate surface area is 187 Å². The van der Waals surface area contributed by atoms with E-state index in [1.165, 1.54) is 16.9 Å². The van der Waals surface area contributed by atoms with E-state index in [1.54, 1.807) is 36.2 Å². The quantitative estimate of drug-likeness (QED) is 0.506. The zero-order chi connectivity index (χ0) is 21.7. The van der Waals surface area contributed by atoms with Crippen LogP contribution in [-0.4, -0.2) is 38.0 Å². The summed E-state index contributed by atoms with van der Waals surface area (Å²) in [4.78, 5) is 32.9. The van der Waals surface area contributed by atoms with Crippen LogP contribution < -0.4 is 5.32 Å². The van der Waals surface area contributed by atoms with Gasteiger partial charge in [0.2, 0.25) is 5.91 Å². The molecule has 1 N–H and O–H groups in total. The first kappa shape index (κ1) is 19.9. The second kappa shape index (κ2) is 7.58. The van der Waals surface area contributed by atoms with E-state index < -0.39 is 0 Å². The average Bonchev–Trinajstić information content (AvgIpc) is 3.41. The summed E-state index contributed by atoms with van der Waals surface area (Å²) in [5.41, 5.74) is 4.47. The molecular weight excluding hydrogens is 430 g/mol. The molecule has 0 atom stereocenters. The molecule has 0 spiro atoms. The van der Waals surface area contributed by atoms with Gasteiger partial charge in [0.1, 0.15) is 15.7 Å². The molecular formula is C22H21N5O2S2. The number of para-hydroxylation sites is 1. The summed E-state index contributed by atoms with van der Waals surface area (Å²) in [5, 5.41) is 8.98. The monoisotopic (exact) mass is 451 g/mol. The van der Waals surface area contributed by atoms with E-state index in [-0.39, 0.29) is 11.8 Å². The molecule has 158 valence electrons. The topological polar surface area (TPSA) is 80.1 Å². The molecule has 1 aliphatic rings. The van der Waals surface area contributed by atoms with Crippen LogP contribution in [0.2, 0.25) is 0 Å². The van der Waals surface area contributed by atoms with Crippen molar-refractivity contribution in [2.45, 2.75) is 26.8 Å². The highest BCUT2D eigenvalue weighted by Crippen LogP contribution is 2.45. The predicted molar refractivity (Wildman–Crippen MR) is 124 cm³/mol. The van der Waals surface area contributed by atoms with Crippen LogP contribution in [0.15, 0.2) is 30.5 Å². The molecule has 7 nitrogen and oxygen atoms in total. The van der Waals surface area contributed by atoms with Gasteiger partial charge in [-0.3, -0.25) is 14.3 Å². The lowest BCUT2D eigenvalue weighted by Crippen LogP contribution is -2.33. The number of aromatic nitrogens is 3. The fourth-order valence-corrected chi connectivity index (χ4v) is 6.37. The molecule has 0 aliphatic carbocycles. The third-order valence-corrected chi connectivity index (χ3v) is 7.76. The number of thiophene rings is 1. The Morgan fingerprint density at radius 2 is 2.00 bits per heavy atom. The summed E-state index contributed by atoms with van der Waals surface area (Å²) in [6.07, 6.45) is 2.44. The number of amides is 2. The van der Waals surface area contributed by atoms with Gasteiger partial charge in [0.05, 0.1) is 23.0 Å². The lowest BCUT2D eigenvalue weighted by molar-refractivity contribution is -0.129. The van der Waals surface area contributed by atoms with Gasteiger partial charge in [-0.25, -0.2) is 4.98 Å². The van der Waals surface area contributed by atoms with Crippen molar-refractivity contribution in [3.8, 4) is 10.6 Å². The fraction of sp³-hybridized carbons (Fsp3) is 0.273. The Morgan fingerprint density at radius 3 is 2.71 bits per heavy atom. The predicted octanol–water partition coefficient (Wildman–Crippen LogP) is 4.22. The zero-order valence-electron chi connectivity index (χ0n) is 17.4. The van der Waals surface area contributed by atoms with Crippen LogP contribution in [0.1, 0.15) is 33.4 Å². The minimum Gasteiger partial charge on any atom is -0.337 e. The van der Waals surface area contributed by atoms with E-state index in [0.717, 1.165) is 42.7 Å². The number of nitrogens with one attached hydrogen (secondary N) is 1. The lowest BCUT2D eigenvalue weighted by Gasteiger charge is -2.26. The first-order chi connectivity index (χ1) is 14.9. The molecule has 4 aromatic rings. The Balaban J connectivity index is 1.61. The minimum absolute atomic E-state index is 0.0664. The fourth-order valence-electron chi connectivity index (χ4n) is 4.00. The molecule has 5 rings (SSSR count). The minimum atomic E-state index is -0.193. The molecule has 31 heavy (non-hydrogen) atoms. The molecule has 0 saturated heterocycles. The van der Waals surface area contributed by atoms with Crippen LogP contribution in [0.3, 0.4) is 0 Å². The van der Waals surface area contributed by atoms with Crippen LogP contribution in [0.25, 0.3) is 20.8 Å². The van der Waals surface area contributed by atoms with Crippen LogP contribution in [0.5, 0.6) is 0 Å². The van der Waals surface area contributed by atoms with Gasteiger partial charge in [0, 0.05) is 31.0 Å². The second-order valence-corrected chi connectivity index (χ2v) is 9.77. The van der Waals surface area contributed by atoms with Crippen molar-refractivity contribution in [2.24, 2.45) is 7.05 Å². The van der Waals surface area contributed by atoms with Gasteiger partial charge < -0.3 is 10.2 Å². The standard InChI is InChI=1S/C22H21N5O2S2/c1-12-10-23-26(3)19(12)20(29)25-22-18(21-24-15-6-4-5-7-16(15)30-21)14-8-9-27(13(2)28)11-17(14)31-22/h4-7,10H,8-9,11H2,1-3H3,(H,25,29). The van der Waals surface area contributed by atoms with E-state index in [9.17, 15) is 9.59 Å². The van der Waals surface area contributed by atoms with Crippen molar-refractivity contribution in [3.63, 3.8) is 0 Å². The van der Waals surface area contributed by atoms with E-state index in [2.05, 4.69) is 16.5 Å². The summed E-state index contributed by atoms with van der Waals surface area (Å²) in [6.45, 7) is 4.71. The molecule has 0 unspecified atom stereocenters.